The Morgan fingerprint density at radius 1 is 1.28 bits per heavy atom. The van der Waals surface area contributed by atoms with Crippen LogP contribution < -0.4 is 5.32 Å². The van der Waals surface area contributed by atoms with Gasteiger partial charge in [0.2, 0.25) is 0 Å². The van der Waals surface area contributed by atoms with Gasteiger partial charge in [-0.15, -0.1) is 0 Å². The fourth-order valence-electron chi connectivity index (χ4n) is 2.91. The molecule has 0 bridgehead atoms. The molecule has 25 heavy (non-hydrogen) atoms. The maximum atomic E-state index is 13.5. The predicted octanol–water partition coefficient (Wildman–Crippen LogP) is 4.51. The quantitative estimate of drug-likeness (QED) is 0.717. The monoisotopic (exact) mass is 342 g/mol. The van der Waals surface area contributed by atoms with E-state index in [4.69, 9.17) is 4.42 Å². The Balaban J connectivity index is 1.92. The fourth-order valence-corrected chi connectivity index (χ4v) is 2.91. The lowest BCUT2D eigenvalue weighted by Gasteiger charge is -2.11. The number of aryl methyl sites for hydroxylation is 1. The van der Waals surface area contributed by atoms with Crippen LogP contribution in [0.1, 0.15) is 42.1 Å². The van der Waals surface area contributed by atoms with Gasteiger partial charge in [-0.2, -0.15) is 0 Å². The molecule has 0 aliphatic rings. The molecule has 2 aromatic heterocycles. The summed E-state index contributed by atoms with van der Waals surface area (Å²) in [5.41, 5.74) is 2.84. The van der Waals surface area contributed by atoms with Gasteiger partial charge in [-0.25, -0.2) is 4.39 Å². The lowest BCUT2D eigenvalue weighted by Crippen LogP contribution is -2.27. The Kier molecular flexibility index (Phi) is 4.93. The molecule has 0 saturated heterocycles. The highest BCUT2D eigenvalue weighted by atomic mass is 19.1. The number of halogens is 1. The zero-order valence-electron chi connectivity index (χ0n) is 14.8. The molecule has 1 amide bonds. The largest absolute Gasteiger partial charge is 0.460 e. The lowest BCUT2D eigenvalue weighted by molar-refractivity contribution is 0.0943. The van der Waals surface area contributed by atoms with Crippen molar-refractivity contribution in [2.24, 2.45) is 5.92 Å². The number of benzene rings is 1. The van der Waals surface area contributed by atoms with E-state index >= 15 is 0 Å². The third-order valence-electron chi connectivity index (χ3n) is 4.18. The molecule has 0 radical (unpaired) electrons. The maximum Gasteiger partial charge on any atom is 0.268 e. The number of rotatable bonds is 6. The van der Waals surface area contributed by atoms with Crippen LogP contribution in [-0.2, 0) is 6.54 Å². The molecule has 0 aliphatic heterocycles. The highest BCUT2D eigenvalue weighted by molar-refractivity contribution is 5.97. The normalized spacial score (nSPS) is 11.4. The lowest BCUT2D eigenvalue weighted by atomic mass is 10.1. The van der Waals surface area contributed by atoms with Crippen molar-refractivity contribution in [3.8, 4) is 0 Å². The van der Waals surface area contributed by atoms with Crippen LogP contribution in [0, 0.1) is 18.7 Å². The number of nitrogens with one attached hydrogen (secondary N) is 1. The van der Waals surface area contributed by atoms with E-state index in [9.17, 15) is 9.18 Å². The van der Waals surface area contributed by atoms with E-state index in [2.05, 4.69) is 19.2 Å². The number of hydrogen-bond acceptors (Lipinski definition) is 2. The SMILES string of the molecule is Cc1cc2c(cc(C(=O)NCCC(C)C)n2Cc2cccc(F)c2)o1. The summed E-state index contributed by atoms with van der Waals surface area (Å²) in [6, 6.07) is 10.1. The Labute approximate surface area is 146 Å². The average molecular weight is 342 g/mol. The summed E-state index contributed by atoms with van der Waals surface area (Å²) in [5, 5.41) is 2.96. The molecule has 3 aromatic rings. The maximum absolute atomic E-state index is 13.5. The first-order valence-electron chi connectivity index (χ1n) is 8.56. The topological polar surface area (TPSA) is 47.2 Å². The Morgan fingerprint density at radius 2 is 2.08 bits per heavy atom. The summed E-state index contributed by atoms with van der Waals surface area (Å²) in [5.74, 6) is 0.886. The molecule has 0 atom stereocenters. The first-order valence-corrected chi connectivity index (χ1v) is 8.56. The summed E-state index contributed by atoms with van der Waals surface area (Å²) in [6.45, 7) is 7.15. The van der Waals surface area contributed by atoms with Crippen molar-refractivity contribution in [3.63, 3.8) is 0 Å². The Bertz CT molecular complexity index is 892. The molecule has 2 heterocycles. The number of carbonyl (C=O) groups is 1. The van der Waals surface area contributed by atoms with Gasteiger partial charge in [0.1, 0.15) is 17.3 Å². The number of carbonyl (C=O) groups excluding carboxylic acids is 1. The van der Waals surface area contributed by atoms with Gasteiger partial charge in [-0.05, 0) is 37.0 Å². The molecule has 0 spiro atoms. The minimum Gasteiger partial charge on any atom is -0.460 e. The van der Waals surface area contributed by atoms with E-state index in [1.54, 1.807) is 12.1 Å². The second kappa shape index (κ2) is 7.13. The molecule has 1 N–H and O–H groups in total. The summed E-state index contributed by atoms with van der Waals surface area (Å²) < 4.78 is 21.1. The van der Waals surface area contributed by atoms with Crippen LogP contribution in [0.5, 0.6) is 0 Å². The molecule has 3 rings (SSSR count). The van der Waals surface area contributed by atoms with E-state index < -0.39 is 0 Å². The van der Waals surface area contributed by atoms with Crippen molar-refractivity contribution in [1.82, 2.24) is 9.88 Å². The number of hydrogen-bond donors (Lipinski definition) is 1. The molecule has 0 aliphatic carbocycles. The van der Waals surface area contributed by atoms with Gasteiger partial charge in [0.05, 0.1) is 5.52 Å². The van der Waals surface area contributed by atoms with Gasteiger partial charge in [0, 0.05) is 25.2 Å². The molecule has 5 heteroatoms. The van der Waals surface area contributed by atoms with Gasteiger partial charge in [0.25, 0.3) is 5.91 Å². The molecular weight excluding hydrogens is 319 g/mol. The van der Waals surface area contributed by atoms with Crippen LogP contribution in [0.15, 0.2) is 40.8 Å². The number of amides is 1. The van der Waals surface area contributed by atoms with Crippen LogP contribution in [0.4, 0.5) is 4.39 Å². The molecular formula is C20H23FN2O2. The van der Waals surface area contributed by atoms with Gasteiger partial charge in [-0.3, -0.25) is 4.79 Å². The van der Waals surface area contributed by atoms with Gasteiger partial charge < -0.3 is 14.3 Å². The smallest absolute Gasteiger partial charge is 0.268 e. The van der Waals surface area contributed by atoms with Crippen LogP contribution in [0.3, 0.4) is 0 Å². The second-order valence-corrected chi connectivity index (χ2v) is 6.79. The third kappa shape index (κ3) is 3.92. The highest BCUT2D eigenvalue weighted by Crippen LogP contribution is 2.25. The van der Waals surface area contributed by atoms with Crippen LogP contribution in [0.2, 0.25) is 0 Å². The molecule has 0 saturated carbocycles. The van der Waals surface area contributed by atoms with Gasteiger partial charge in [0.15, 0.2) is 5.58 Å². The molecule has 4 nitrogen and oxygen atoms in total. The third-order valence-corrected chi connectivity index (χ3v) is 4.18. The van der Waals surface area contributed by atoms with Crippen LogP contribution in [0.25, 0.3) is 11.1 Å². The van der Waals surface area contributed by atoms with Gasteiger partial charge >= 0.3 is 0 Å². The first kappa shape index (κ1) is 17.3. The van der Waals surface area contributed by atoms with E-state index in [1.165, 1.54) is 12.1 Å². The van der Waals surface area contributed by atoms with Crippen molar-refractivity contribution >= 4 is 17.0 Å². The zero-order valence-corrected chi connectivity index (χ0v) is 14.8. The fraction of sp³-hybridized carbons (Fsp3) is 0.350. The summed E-state index contributed by atoms with van der Waals surface area (Å²) in [7, 11) is 0. The number of fused-ring (bicyclic) bond motifs is 1. The van der Waals surface area contributed by atoms with E-state index in [0.29, 0.717) is 30.3 Å². The Morgan fingerprint density at radius 3 is 2.80 bits per heavy atom. The molecule has 1 aromatic carbocycles. The van der Waals surface area contributed by atoms with Crippen LogP contribution >= 0.6 is 0 Å². The van der Waals surface area contributed by atoms with E-state index in [0.717, 1.165) is 23.3 Å². The van der Waals surface area contributed by atoms with Crippen molar-refractivity contribution in [2.75, 3.05) is 6.54 Å². The molecule has 0 unspecified atom stereocenters. The van der Waals surface area contributed by atoms with Crippen molar-refractivity contribution < 1.29 is 13.6 Å². The minimum absolute atomic E-state index is 0.138. The predicted molar refractivity (Wildman–Crippen MR) is 96.2 cm³/mol. The number of furan rings is 1. The summed E-state index contributed by atoms with van der Waals surface area (Å²) >= 11 is 0. The molecule has 132 valence electrons. The van der Waals surface area contributed by atoms with E-state index in [1.807, 2.05) is 23.6 Å². The van der Waals surface area contributed by atoms with E-state index in [-0.39, 0.29) is 11.7 Å². The Hall–Kier alpha value is -2.56. The molecule has 0 fully saturated rings. The second-order valence-electron chi connectivity index (χ2n) is 6.79. The van der Waals surface area contributed by atoms with Crippen molar-refractivity contribution in [1.29, 1.82) is 0 Å². The summed E-state index contributed by atoms with van der Waals surface area (Å²) in [4.78, 5) is 12.6. The number of nitrogens with zero attached hydrogens (tertiary/aromatic N) is 1. The van der Waals surface area contributed by atoms with Crippen LogP contribution in [-0.4, -0.2) is 17.0 Å². The highest BCUT2D eigenvalue weighted by Gasteiger charge is 2.18. The zero-order chi connectivity index (χ0) is 18.0. The van der Waals surface area contributed by atoms with Gasteiger partial charge in [-0.1, -0.05) is 26.0 Å². The summed E-state index contributed by atoms with van der Waals surface area (Å²) in [6.07, 6.45) is 0.922. The number of aromatic nitrogens is 1. The minimum atomic E-state index is -0.285. The van der Waals surface area contributed by atoms with Crippen molar-refractivity contribution in [2.45, 2.75) is 33.7 Å². The standard InChI is InChI=1S/C20H23FN2O2/c1-13(2)7-8-22-20(24)18-11-19-17(9-14(3)25-19)23(18)12-15-5-4-6-16(21)10-15/h4-6,9-11,13H,7-8,12H2,1-3H3,(H,22,24). The first-order chi connectivity index (χ1) is 11.9. The average Bonchev–Trinajstić information content (AvgIpc) is 3.04. The van der Waals surface area contributed by atoms with Crippen molar-refractivity contribution in [3.05, 3.63) is 59.2 Å².